The maximum absolute atomic E-state index is 13.7. The summed E-state index contributed by atoms with van der Waals surface area (Å²) >= 11 is 1.57. The third-order valence-corrected chi connectivity index (χ3v) is 7.76. The van der Waals surface area contributed by atoms with Gasteiger partial charge in [-0.1, -0.05) is 32.9 Å². The number of carbonyl (C=O) groups excluding carboxylic acids is 2. The second-order valence-corrected chi connectivity index (χ2v) is 14.5. The molecule has 1 aliphatic rings. The number of benzene rings is 1. The van der Waals surface area contributed by atoms with Gasteiger partial charge in [-0.05, 0) is 51.8 Å². The van der Waals surface area contributed by atoms with Crippen molar-refractivity contribution in [2.75, 3.05) is 5.75 Å². The number of amides is 1. The number of rotatable bonds is 4. The molecule has 8 heteroatoms. The lowest BCUT2D eigenvalue weighted by Crippen LogP contribution is -2.47. The average Bonchev–Trinajstić information content (AvgIpc) is 2.96. The molecule has 1 atom stereocenters. The maximum Gasteiger partial charge on any atom is 0.408 e. The predicted octanol–water partition coefficient (Wildman–Crippen LogP) is 4.83. The molecule has 2 heterocycles. The lowest BCUT2D eigenvalue weighted by Gasteiger charge is -2.31. The van der Waals surface area contributed by atoms with Crippen molar-refractivity contribution in [1.82, 2.24) is 9.88 Å². The van der Waals surface area contributed by atoms with Gasteiger partial charge in [-0.2, -0.15) is 0 Å². The van der Waals surface area contributed by atoms with E-state index in [1.165, 1.54) is 0 Å². The van der Waals surface area contributed by atoms with E-state index in [1.54, 1.807) is 37.1 Å². The molecule has 6 nitrogen and oxygen atoms in total. The molecular weight excluding hydrogens is 428 g/mol. The van der Waals surface area contributed by atoms with Gasteiger partial charge in [0.2, 0.25) is 0 Å². The highest BCUT2D eigenvalue weighted by atomic mass is 32.2. The van der Waals surface area contributed by atoms with Crippen molar-refractivity contribution in [2.24, 2.45) is 0 Å². The SMILES string of the molecule is CC(C)(C)OC(=O)N[C@H]1CSc2cccc3cc(C(C)(C)O[SiH2]C(C)(C)C)n(c23)C1=O. The minimum Gasteiger partial charge on any atom is -0.444 e. The first-order valence-corrected chi connectivity index (χ1v) is 12.9. The second kappa shape index (κ2) is 8.29. The number of alkyl carbamates (subject to hydrolysis) is 1. The molecular formula is C23H34N2O4SSi. The number of para-hydroxylation sites is 1. The number of aromatic nitrogens is 1. The zero-order chi connectivity index (χ0) is 23.2. The Morgan fingerprint density at radius 1 is 1.16 bits per heavy atom. The van der Waals surface area contributed by atoms with E-state index in [1.807, 2.05) is 38.1 Å². The number of carbonyl (C=O) groups is 2. The van der Waals surface area contributed by atoms with E-state index in [4.69, 9.17) is 9.16 Å². The van der Waals surface area contributed by atoms with Crippen molar-refractivity contribution in [1.29, 1.82) is 0 Å². The Bertz CT molecular complexity index is 1000. The largest absolute Gasteiger partial charge is 0.444 e. The lowest BCUT2D eigenvalue weighted by molar-refractivity contribution is 0.0486. The van der Waals surface area contributed by atoms with Crippen LogP contribution in [0.5, 0.6) is 0 Å². The van der Waals surface area contributed by atoms with Crippen LogP contribution in [0.15, 0.2) is 29.2 Å². The second-order valence-electron chi connectivity index (χ2n) is 10.8. The molecule has 1 amide bonds. The first-order chi connectivity index (χ1) is 14.2. The van der Waals surface area contributed by atoms with Crippen LogP contribution in [0, 0.1) is 0 Å². The van der Waals surface area contributed by atoms with Crippen molar-refractivity contribution < 1.29 is 18.8 Å². The molecule has 2 aromatic rings. The Balaban J connectivity index is 2.01. The van der Waals surface area contributed by atoms with E-state index >= 15 is 0 Å². The number of nitrogens with one attached hydrogen (secondary N) is 1. The predicted molar refractivity (Wildman–Crippen MR) is 129 cm³/mol. The van der Waals surface area contributed by atoms with E-state index in [2.05, 4.69) is 26.1 Å². The molecule has 0 radical (unpaired) electrons. The summed E-state index contributed by atoms with van der Waals surface area (Å²) in [6.07, 6.45) is -0.585. The summed E-state index contributed by atoms with van der Waals surface area (Å²) in [6, 6.07) is 7.39. The quantitative estimate of drug-likeness (QED) is 0.659. The number of hydrogen-bond donors (Lipinski definition) is 1. The van der Waals surface area contributed by atoms with Gasteiger partial charge in [0.05, 0.1) is 16.8 Å². The van der Waals surface area contributed by atoms with Crippen LogP contribution < -0.4 is 5.32 Å². The van der Waals surface area contributed by atoms with Crippen LogP contribution in [-0.4, -0.2) is 43.7 Å². The van der Waals surface area contributed by atoms with Crippen molar-refractivity contribution >= 4 is 44.4 Å². The van der Waals surface area contributed by atoms with Gasteiger partial charge < -0.3 is 14.5 Å². The lowest BCUT2D eigenvalue weighted by atomic mass is 10.1. The zero-order valence-electron chi connectivity index (χ0n) is 19.8. The third-order valence-electron chi connectivity index (χ3n) is 4.88. The molecule has 0 unspecified atom stereocenters. The van der Waals surface area contributed by atoms with Gasteiger partial charge in [-0.15, -0.1) is 11.8 Å². The Kier molecular flexibility index (Phi) is 6.39. The van der Waals surface area contributed by atoms with Gasteiger partial charge in [-0.25, -0.2) is 4.79 Å². The van der Waals surface area contributed by atoms with E-state index < -0.39 is 33.1 Å². The summed E-state index contributed by atoms with van der Waals surface area (Å²) in [5, 5.41) is 3.92. The summed E-state index contributed by atoms with van der Waals surface area (Å²) in [6.45, 7) is 16.0. The van der Waals surface area contributed by atoms with Crippen LogP contribution >= 0.6 is 11.8 Å². The van der Waals surface area contributed by atoms with E-state index in [9.17, 15) is 9.59 Å². The Hall–Kier alpha value is -1.77. The topological polar surface area (TPSA) is 69.6 Å². The molecule has 0 bridgehead atoms. The monoisotopic (exact) mass is 462 g/mol. The summed E-state index contributed by atoms with van der Waals surface area (Å²) in [5.41, 5.74) is 0.440. The standard InChI is InChI=1S/C23H34N2O4SSi/c1-21(2,3)28-20(27)24-15-13-30-16-11-9-10-14-12-17(25(18(14)16)19(15)26)23(7,8)29-31-22(4,5)6/h9-12,15H,13,31H2,1-8H3,(H,24,27)/t15-/m0/s1. The van der Waals surface area contributed by atoms with Gasteiger partial charge in [0, 0.05) is 16.0 Å². The molecule has 170 valence electrons. The molecule has 1 aromatic heterocycles. The smallest absolute Gasteiger partial charge is 0.408 e. The fourth-order valence-electron chi connectivity index (χ4n) is 3.44. The van der Waals surface area contributed by atoms with Crippen LogP contribution in [0.25, 0.3) is 10.9 Å². The highest BCUT2D eigenvalue weighted by Crippen LogP contribution is 2.39. The van der Waals surface area contributed by atoms with Gasteiger partial charge in [0.1, 0.15) is 11.6 Å². The fraction of sp³-hybridized carbons (Fsp3) is 0.565. The molecule has 1 N–H and O–H groups in total. The number of hydrogen-bond acceptors (Lipinski definition) is 5. The van der Waals surface area contributed by atoms with E-state index in [-0.39, 0.29) is 10.9 Å². The van der Waals surface area contributed by atoms with Crippen molar-refractivity contribution in [3.63, 3.8) is 0 Å². The molecule has 0 fully saturated rings. The maximum atomic E-state index is 13.7. The Morgan fingerprint density at radius 2 is 1.84 bits per heavy atom. The van der Waals surface area contributed by atoms with Crippen LogP contribution in [0.2, 0.25) is 5.04 Å². The first kappa shape index (κ1) is 23.9. The van der Waals surface area contributed by atoms with Gasteiger partial charge in [-0.3, -0.25) is 9.36 Å². The average molecular weight is 463 g/mol. The fourth-order valence-corrected chi connectivity index (χ4v) is 5.47. The van der Waals surface area contributed by atoms with Crippen LogP contribution in [0.3, 0.4) is 0 Å². The molecule has 0 saturated heterocycles. The number of nitrogens with zero attached hydrogens (tertiary/aromatic N) is 1. The minimum atomic E-state index is -0.846. The van der Waals surface area contributed by atoms with E-state index in [0.29, 0.717) is 5.75 Å². The minimum absolute atomic E-state index is 0.133. The van der Waals surface area contributed by atoms with Crippen LogP contribution in [0.4, 0.5) is 4.79 Å². The molecule has 31 heavy (non-hydrogen) atoms. The third kappa shape index (κ3) is 5.54. The highest BCUT2D eigenvalue weighted by molar-refractivity contribution is 7.99. The number of thioether (sulfide) groups is 1. The van der Waals surface area contributed by atoms with Gasteiger partial charge in [0.25, 0.3) is 5.91 Å². The highest BCUT2D eigenvalue weighted by Gasteiger charge is 2.36. The van der Waals surface area contributed by atoms with Crippen LogP contribution in [-0.2, 0) is 14.8 Å². The zero-order valence-corrected chi connectivity index (χ0v) is 22.0. The summed E-state index contributed by atoms with van der Waals surface area (Å²) in [4.78, 5) is 27.1. The Morgan fingerprint density at radius 3 is 2.45 bits per heavy atom. The summed E-state index contributed by atoms with van der Waals surface area (Å²) < 4.78 is 13.6. The first-order valence-electron chi connectivity index (χ1n) is 10.6. The summed E-state index contributed by atoms with van der Waals surface area (Å²) in [7, 11) is -0.846. The van der Waals surface area contributed by atoms with Crippen molar-refractivity contribution in [3.05, 3.63) is 30.0 Å². The molecule has 0 saturated carbocycles. The Labute approximate surface area is 191 Å². The number of ether oxygens (including phenoxy) is 1. The van der Waals surface area contributed by atoms with Crippen LogP contribution in [0.1, 0.15) is 65.9 Å². The van der Waals surface area contributed by atoms with Crippen molar-refractivity contribution in [2.45, 2.75) is 82.6 Å². The van der Waals surface area contributed by atoms with Crippen molar-refractivity contribution in [3.8, 4) is 0 Å². The van der Waals surface area contributed by atoms with Gasteiger partial charge >= 0.3 is 6.09 Å². The van der Waals surface area contributed by atoms with E-state index in [0.717, 1.165) is 21.5 Å². The molecule has 1 aliphatic heterocycles. The van der Waals surface area contributed by atoms with Gasteiger partial charge in [0.15, 0.2) is 9.76 Å². The molecule has 3 rings (SSSR count). The normalized spacial score (nSPS) is 17.9. The molecule has 1 aromatic carbocycles. The molecule has 0 aliphatic carbocycles. The summed E-state index contributed by atoms with van der Waals surface area (Å²) in [5.74, 6) is 0.276. The molecule has 0 spiro atoms.